The van der Waals surface area contributed by atoms with Crippen LogP contribution in [0, 0.1) is 11.8 Å². The summed E-state index contributed by atoms with van der Waals surface area (Å²) >= 11 is 0. The van der Waals surface area contributed by atoms with E-state index in [1.54, 1.807) is 7.11 Å². The summed E-state index contributed by atoms with van der Waals surface area (Å²) in [7, 11) is 1.65. The van der Waals surface area contributed by atoms with Gasteiger partial charge >= 0.3 is 0 Å². The third-order valence-electron chi connectivity index (χ3n) is 5.45. The monoisotopic (exact) mass is 359 g/mol. The van der Waals surface area contributed by atoms with Crippen LogP contribution < -0.4 is 10.1 Å². The molecule has 1 heterocycles. The first kappa shape index (κ1) is 18.7. The standard InChI is InChI=1S/C20H29N3O3/c1-3-22-10-12-23(13-11-22)20(25)18-14-17(18)19(24)21-9-8-15-4-6-16(26-2)7-5-15/h4-7,17-18H,3,8-14H2,1-2H3,(H,21,24). The van der Waals surface area contributed by atoms with Crippen molar-refractivity contribution in [3.8, 4) is 5.75 Å². The molecule has 3 rings (SSSR count). The molecule has 0 spiro atoms. The van der Waals surface area contributed by atoms with Gasteiger partial charge in [0.15, 0.2) is 0 Å². The zero-order valence-electron chi connectivity index (χ0n) is 15.7. The Bertz CT molecular complexity index is 624. The van der Waals surface area contributed by atoms with Crippen LogP contribution in [0.25, 0.3) is 0 Å². The third kappa shape index (κ3) is 4.55. The van der Waals surface area contributed by atoms with Crippen LogP contribution in [0.5, 0.6) is 5.75 Å². The Kier molecular flexibility index (Phi) is 6.14. The molecule has 1 aliphatic carbocycles. The predicted octanol–water partition coefficient (Wildman–Crippen LogP) is 1.15. The van der Waals surface area contributed by atoms with Crippen molar-refractivity contribution in [1.82, 2.24) is 15.1 Å². The number of carbonyl (C=O) groups excluding carboxylic acids is 2. The largest absolute Gasteiger partial charge is 0.497 e. The lowest BCUT2D eigenvalue weighted by Crippen LogP contribution is -2.49. The minimum Gasteiger partial charge on any atom is -0.497 e. The third-order valence-corrected chi connectivity index (χ3v) is 5.45. The molecular formula is C20H29N3O3. The maximum absolute atomic E-state index is 12.5. The summed E-state index contributed by atoms with van der Waals surface area (Å²) in [6.07, 6.45) is 1.47. The van der Waals surface area contributed by atoms with Gasteiger partial charge in [0.05, 0.1) is 18.9 Å². The number of methoxy groups -OCH3 is 1. The number of benzene rings is 1. The molecule has 1 saturated carbocycles. The molecule has 1 aliphatic heterocycles. The molecule has 1 N–H and O–H groups in total. The van der Waals surface area contributed by atoms with Gasteiger partial charge in [0.2, 0.25) is 11.8 Å². The average molecular weight is 359 g/mol. The lowest BCUT2D eigenvalue weighted by molar-refractivity contribution is -0.136. The number of rotatable bonds is 7. The Balaban J connectivity index is 1.37. The van der Waals surface area contributed by atoms with Gasteiger partial charge < -0.3 is 19.9 Å². The van der Waals surface area contributed by atoms with Gasteiger partial charge in [0.1, 0.15) is 5.75 Å². The second-order valence-electron chi connectivity index (χ2n) is 7.10. The minimum atomic E-state index is -0.137. The van der Waals surface area contributed by atoms with Gasteiger partial charge in [0.25, 0.3) is 0 Å². The Hall–Kier alpha value is -2.08. The first-order valence-electron chi connectivity index (χ1n) is 9.54. The fraction of sp³-hybridized carbons (Fsp3) is 0.600. The first-order chi connectivity index (χ1) is 12.6. The molecule has 2 atom stereocenters. The molecular weight excluding hydrogens is 330 g/mol. The Morgan fingerprint density at radius 1 is 1.12 bits per heavy atom. The highest BCUT2D eigenvalue weighted by atomic mass is 16.5. The number of hydrogen-bond acceptors (Lipinski definition) is 4. The number of hydrogen-bond donors (Lipinski definition) is 1. The van der Waals surface area contributed by atoms with E-state index in [9.17, 15) is 9.59 Å². The number of nitrogens with zero attached hydrogens (tertiary/aromatic N) is 2. The average Bonchev–Trinajstić information content (AvgIpc) is 3.49. The van der Waals surface area contributed by atoms with Crippen molar-refractivity contribution in [1.29, 1.82) is 0 Å². The van der Waals surface area contributed by atoms with Crippen molar-refractivity contribution in [2.24, 2.45) is 11.8 Å². The van der Waals surface area contributed by atoms with Gasteiger partial charge in [-0.25, -0.2) is 0 Å². The van der Waals surface area contributed by atoms with E-state index in [0.717, 1.165) is 50.5 Å². The fourth-order valence-corrected chi connectivity index (χ4v) is 3.53. The molecule has 2 amide bonds. The molecule has 6 heteroatoms. The smallest absolute Gasteiger partial charge is 0.226 e. The fourth-order valence-electron chi connectivity index (χ4n) is 3.53. The van der Waals surface area contributed by atoms with Crippen molar-refractivity contribution >= 4 is 11.8 Å². The zero-order chi connectivity index (χ0) is 18.5. The number of nitrogens with one attached hydrogen (secondary N) is 1. The van der Waals surface area contributed by atoms with Crippen LogP contribution in [0.3, 0.4) is 0 Å². The summed E-state index contributed by atoms with van der Waals surface area (Å²) in [5.41, 5.74) is 1.16. The normalized spacial score (nSPS) is 22.8. The maximum Gasteiger partial charge on any atom is 0.226 e. The summed E-state index contributed by atoms with van der Waals surface area (Å²) in [6, 6.07) is 7.85. The quantitative estimate of drug-likeness (QED) is 0.793. The SMILES string of the molecule is CCN1CCN(C(=O)C2CC2C(=O)NCCc2ccc(OC)cc2)CC1. The van der Waals surface area contributed by atoms with Crippen LogP contribution in [0.15, 0.2) is 24.3 Å². The summed E-state index contributed by atoms with van der Waals surface area (Å²) < 4.78 is 5.14. The number of likely N-dealkylation sites (N-methyl/N-ethyl adjacent to an activating group) is 1. The Labute approximate surface area is 155 Å². The van der Waals surface area contributed by atoms with Crippen LogP contribution in [0.2, 0.25) is 0 Å². The van der Waals surface area contributed by atoms with E-state index < -0.39 is 0 Å². The van der Waals surface area contributed by atoms with Crippen molar-refractivity contribution in [2.45, 2.75) is 19.8 Å². The molecule has 0 aromatic heterocycles. The van der Waals surface area contributed by atoms with Gasteiger partial charge in [-0.1, -0.05) is 19.1 Å². The van der Waals surface area contributed by atoms with Crippen LogP contribution in [0.4, 0.5) is 0 Å². The van der Waals surface area contributed by atoms with E-state index >= 15 is 0 Å². The van der Waals surface area contributed by atoms with Gasteiger partial charge in [-0.05, 0) is 37.1 Å². The number of piperazine rings is 1. The van der Waals surface area contributed by atoms with Crippen molar-refractivity contribution < 1.29 is 14.3 Å². The molecule has 142 valence electrons. The molecule has 0 radical (unpaired) electrons. The van der Waals surface area contributed by atoms with E-state index in [2.05, 4.69) is 17.1 Å². The molecule has 2 unspecified atom stereocenters. The molecule has 6 nitrogen and oxygen atoms in total. The number of ether oxygens (including phenoxy) is 1. The lowest BCUT2D eigenvalue weighted by atomic mass is 10.1. The second kappa shape index (κ2) is 8.54. The van der Waals surface area contributed by atoms with E-state index in [0.29, 0.717) is 13.0 Å². The second-order valence-corrected chi connectivity index (χ2v) is 7.10. The Morgan fingerprint density at radius 3 is 2.42 bits per heavy atom. The number of carbonyl (C=O) groups is 2. The van der Waals surface area contributed by atoms with Crippen molar-refractivity contribution in [2.75, 3.05) is 46.4 Å². The molecule has 26 heavy (non-hydrogen) atoms. The van der Waals surface area contributed by atoms with E-state index in [-0.39, 0.29) is 23.7 Å². The molecule has 2 fully saturated rings. The van der Waals surface area contributed by atoms with Crippen molar-refractivity contribution in [3.63, 3.8) is 0 Å². The Morgan fingerprint density at radius 2 is 1.81 bits per heavy atom. The summed E-state index contributed by atoms with van der Waals surface area (Å²) in [4.78, 5) is 29.1. The van der Waals surface area contributed by atoms with Gasteiger partial charge in [-0.15, -0.1) is 0 Å². The number of amides is 2. The predicted molar refractivity (Wildman–Crippen MR) is 100.0 cm³/mol. The van der Waals surface area contributed by atoms with Crippen LogP contribution in [-0.4, -0.2) is 68.0 Å². The molecule has 0 bridgehead atoms. The van der Waals surface area contributed by atoms with Crippen LogP contribution in [0.1, 0.15) is 18.9 Å². The highest BCUT2D eigenvalue weighted by Crippen LogP contribution is 2.40. The van der Waals surface area contributed by atoms with Gasteiger partial charge in [-0.3, -0.25) is 9.59 Å². The van der Waals surface area contributed by atoms with E-state index in [4.69, 9.17) is 4.74 Å². The lowest BCUT2D eigenvalue weighted by Gasteiger charge is -2.34. The maximum atomic E-state index is 12.5. The summed E-state index contributed by atoms with van der Waals surface area (Å²) in [5, 5.41) is 2.98. The summed E-state index contributed by atoms with van der Waals surface area (Å²) in [6.45, 7) is 7.22. The van der Waals surface area contributed by atoms with Crippen LogP contribution >= 0.6 is 0 Å². The molecule has 1 saturated heterocycles. The van der Waals surface area contributed by atoms with Gasteiger partial charge in [-0.2, -0.15) is 0 Å². The van der Waals surface area contributed by atoms with Gasteiger partial charge in [0, 0.05) is 32.7 Å². The highest BCUT2D eigenvalue weighted by molar-refractivity contribution is 5.92. The summed E-state index contributed by atoms with van der Waals surface area (Å²) in [5.74, 6) is 0.767. The molecule has 1 aromatic rings. The highest BCUT2D eigenvalue weighted by Gasteiger charge is 2.49. The molecule has 1 aromatic carbocycles. The zero-order valence-corrected chi connectivity index (χ0v) is 15.7. The first-order valence-corrected chi connectivity index (χ1v) is 9.54. The van der Waals surface area contributed by atoms with Crippen molar-refractivity contribution in [3.05, 3.63) is 29.8 Å². The van der Waals surface area contributed by atoms with E-state index in [1.807, 2.05) is 29.2 Å². The minimum absolute atomic E-state index is 0.0176. The van der Waals surface area contributed by atoms with Crippen LogP contribution in [-0.2, 0) is 16.0 Å². The molecule has 2 aliphatic rings. The topological polar surface area (TPSA) is 61.9 Å². The van der Waals surface area contributed by atoms with E-state index in [1.165, 1.54) is 0 Å².